The first-order valence-electron chi connectivity index (χ1n) is 9.96. The van der Waals surface area contributed by atoms with E-state index in [0.717, 1.165) is 32.6 Å². The summed E-state index contributed by atoms with van der Waals surface area (Å²) in [5.41, 5.74) is 10.8. The van der Waals surface area contributed by atoms with Gasteiger partial charge in [0.25, 0.3) is 5.91 Å². The molecule has 4 heterocycles. The van der Waals surface area contributed by atoms with Crippen molar-refractivity contribution in [2.45, 2.75) is 6.54 Å². The summed E-state index contributed by atoms with van der Waals surface area (Å²) in [6, 6.07) is 11.9. The van der Waals surface area contributed by atoms with Gasteiger partial charge in [0.2, 0.25) is 5.91 Å². The smallest absolute Gasteiger partial charge is 0.258 e. The van der Waals surface area contributed by atoms with Crippen LogP contribution in [0.5, 0.6) is 5.75 Å². The molecule has 0 atom stereocenters. The molecular weight excluding hydrogens is 424 g/mol. The number of fused-ring (bicyclic) bond motifs is 2. The normalized spacial score (nSPS) is 12.9. The number of hydrogen-bond donors (Lipinski definition) is 1. The van der Waals surface area contributed by atoms with Crippen LogP contribution in [-0.4, -0.2) is 40.0 Å². The molecule has 2 amide bonds. The molecule has 1 aliphatic heterocycles. The molecule has 0 saturated carbocycles. The molecule has 160 valence electrons. The van der Waals surface area contributed by atoms with Gasteiger partial charge in [0.05, 0.1) is 30.9 Å². The topological polar surface area (TPSA) is 89.9 Å². The van der Waals surface area contributed by atoms with E-state index in [2.05, 4.69) is 23.8 Å². The fourth-order valence-electron chi connectivity index (χ4n) is 4.09. The molecule has 1 aliphatic rings. The van der Waals surface area contributed by atoms with Gasteiger partial charge in [0, 0.05) is 28.8 Å². The van der Waals surface area contributed by atoms with Crippen LogP contribution in [0.15, 0.2) is 66.3 Å². The first-order valence-corrected chi connectivity index (χ1v) is 10.8. The first-order chi connectivity index (χ1) is 15.5. The number of nitrogens with two attached hydrogens (primary N) is 1. The second-order valence-electron chi connectivity index (χ2n) is 7.58. The summed E-state index contributed by atoms with van der Waals surface area (Å²) in [5.74, 6) is -0.315. The molecule has 8 heteroatoms. The number of aromatic nitrogens is 2. The van der Waals surface area contributed by atoms with Gasteiger partial charge in [-0.1, -0.05) is 18.7 Å². The van der Waals surface area contributed by atoms with E-state index < -0.39 is 5.91 Å². The van der Waals surface area contributed by atoms with Crippen LogP contribution in [-0.2, 0) is 11.3 Å². The van der Waals surface area contributed by atoms with Crippen molar-refractivity contribution in [3.05, 3.63) is 77.5 Å². The van der Waals surface area contributed by atoms with Crippen molar-refractivity contribution in [1.82, 2.24) is 14.5 Å². The van der Waals surface area contributed by atoms with Crippen molar-refractivity contribution >= 4 is 28.7 Å². The largest absolute Gasteiger partial charge is 0.496 e. The molecule has 0 saturated heterocycles. The summed E-state index contributed by atoms with van der Waals surface area (Å²) in [6.45, 7) is 4.11. The number of thiophene rings is 1. The number of amides is 2. The summed E-state index contributed by atoms with van der Waals surface area (Å²) in [4.78, 5) is 27.3. The zero-order valence-electron chi connectivity index (χ0n) is 17.4. The van der Waals surface area contributed by atoms with Gasteiger partial charge in [-0.15, -0.1) is 11.3 Å². The molecule has 0 fully saturated rings. The third-order valence-corrected chi connectivity index (χ3v) is 6.60. The number of carbonyl (C=O) groups is 2. The average molecular weight is 445 g/mol. The summed E-state index contributed by atoms with van der Waals surface area (Å²) in [5, 5.41) is 6.51. The molecule has 32 heavy (non-hydrogen) atoms. The number of methoxy groups -OCH3 is 1. The molecule has 7 nitrogen and oxygen atoms in total. The number of carbonyl (C=O) groups excluding carboxylic acids is 2. The number of primary amides is 1. The quantitative estimate of drug-likeness (QED) is 0.459. The van der Waals surface area contributed by atoms with Crippen molar-refractivity contribution in [2.75, 3.05) is 13.7 Å². The van der Waals surface area contributed by atoms with E-state index in [1.54, 1.807) is 29.4 Å². The Morgan fingerprint density at radius 1 is 1.28 bits per heavy atom. The van der Waals surface area contributed by atoms with E-state index in [0.29, 0.717) is 17.9 Å². The fourth-order valence-corrected chi connectivity index (χ4v) is 4.84. The second-order valence-corrected chi connectivity index (χ2v) is 8.53. The van der Waals surface area contributed by atoms with Crippen molar-refractivity contribution in [1.29, 1.82) is 0 Å². The highest BCUT2D eigenvalue weighted by Gasteiger charge is 2.33. The van der Waals surface area contributed by atoms with E-state index in [9.17, 15) is 9.59 Å². The lowest BCUT2D eigenvalue weighted by Crippen LogP contribution is -2.30. The highest BCUT2D eigenvalue weighted by molar-refractivity contribution is 7.13. The van der Waals surface area contributed by atoms with Gasteiger partial charge in [0.1, 0.15) is 5.75 Å². The second kappa shape index (κ2) is 7.65. The van der Waals surface area contributed by atoms with Crippen molar-refractivity contribution in [2.24, 2.45) is 5.73 Å². The minimum atomic E-state index is -0.617. The van der Waals surface area contributed by atoms with E-state index in [1.807, 2.05) is 40.5 Å². The van der Waals surface area contributed by atoms with E-state index in [4.69, 9.17) is 10.5 Å². The summed E-state index contributed by atoms with van der Waals surface area (Å²) in [7, 11) is 1.54. The summed E-state index contributed by atoms with van der Waals surface area (Å²) >= 11 is 1.66. The van der Waals surface area contributed by atoms with Crippen LogP contribution in [0.2, 0.25) is 0 Å². The van der Waals surface area contributed by atoms with Crippen LogP contribution in [0.25, 0.3) is 27.1 Å². The summed E-state index contributed by atoms with van der Waals surface area (Å²) in [6.07, 6.45) is 3.78. The number of benzene rings is 1. The Morgan fingerprint density at radius 2 is 2.12 bits per heavy atom. The predicted molar refractivity (Wildman–Crippen MR) is 124 cm³/mol. The Balaban J connectivity index is 1.61. The molecule has 3 aromatic heterocycles. The van der Waals surface area contributed by atoms with Crippen LogP contribution in [0, 0.1) is 0 Å². The van der Waals surface area contributed by atoms with Crippen LogP contribution >= 0.6 is 11.3 Å². The lowest BCUT2D eigenvalue weighted by Gasteiger charge is -2.15. The minimum absolute atomic E-state index is 0.0790. The zero-order valence-corrected chi connectivity index (χ0v) is 18.2. The van der Waals surface area contributed by atoms with E-state index >= 15 is 0 Å². The Morgan fingerprint density at radius 3 is 2.84 bits per heavy atom. The Bertz CT molecular complexity index is 1390. The van der Waals surface area contributed by atoms with Crippen molar-refractivity contribution in [3.63, 3.8) is 0 Å². The number of pyridine rings is 1. The third kappa shape index (κ3) is 3.16. The molecule has 2 N–H and O–H groups in total. The molecule has 1 aromatic carbocycles. The lowest BCUT2D eigenvalue weighted by atomic mass is 9.96. The molecular formula is C24H20N4O3S. The van der Waals surface area contributed by atoms with Crippen molar-refractivity contribution in [3.8, 4) is 27.3 Å². The highest BCUT2D eigenvalue weighted by Crippen LogP contribution is 2.39. The van der Waals surface area contributed by atoms with Crippen LogP contribution in [0.1, 0.15) is 15.9 Å². The molecule has 0 bridgehead atoms. The first kappa shape index (κ1) is 20.0. The van der Waals surface area contributed by atoms with E-state index in [-0.39, 0.29) is 18.0 Å². The number of ether oxygens (including phenoxy) is 1. The highest BCUT2D eigenvalue weighted by atomic mass is 32.1. The average Bonchev–Trinajstić information content (AvgIpc) is 3.52. The van der Waals surface area contributed by atoms with Gasteiger partial charge in [-0.05, 0) is 46.3 Å². The Labute approximate surface area is 188 Å². The predicted octanol–water partition coefficient (Wildman–Crippen LogP) is 3.74. The van der Waals surface area contributed by atoms with Gasteiger partial charge >= 0.3 is 0 Å². The zero-order chi connectivity index (χ0) is 22.4. The molecule has 0 unspecified atom stereocenters. The number of rotatable bonds is 6. The molecule has 0 aliphatic carbocycles. The van der Waals surface area contributed by atoms with Gasteiger partial charge in [0.15, 0.2) is 0 Å². The standard InChI is InChI=1S/C24H20N4O3S/c1-14(23(25)29)12-27-13-18-16(5-6-20(31-2)22(18)24(27)30)15-7-8-28-19(10-15)17(11-26-28)21-4-3-9-32-21/h3-11H,1,12-13H2,2H3,(H2,25,29). The van der Waals surface area contributed by atoms with Crippen molar-refractivity contribution < 1.29 is 14.3 Å². The lowest BCUT2D eigenvalue weighted by molar-refractivity contribution is -0.114. The van der Waals surface area contributed by atoms with Crippen LogP contribution in [0.4, 0.5) is 0 Å². The molecule has 0 spiro atoms. The maximum atomic E-state index is 13.1. The Hall–Kier alpha value is -3.91. The number of nitrogens with zero attached hydrogens (tertiary/aromatic N) is 3. The number of hydrogen-bond acceptors (Lipinski definition) is 5. The minimum Gasteiger partial charge on any atom is -0.496 e. The maximum absolute atomic E-state index is 13.1. The summed E-state index contributed by atoms with van der Waals surface area (Å²) < 4.78 is 7.31. The van der Waals surface area contributed by atoms with E-state index in [1.165, 1.54) is 0 Å². The van der Waals surface area contributed by atoms with Crippen LogP contribution in [0.3, 0.4) is 0 Å². The van der Waals surface area contributed by atoms with Gasteiger partial charge in [-0.2, -0.15) is 5.10 Å². The Kier molecular flexibility index (Phi) is 4.79. The molecule has 4 aromatic rings. The maximum Gasteiger partial charge on any atom is 0.258 e. The third-order valence-electron chi connectivity index (χ3n) is 5.69. The fraction of sp³-hybridized carbons (Fsp3) is 0.125. The van der Waals surface area contributed by atoms with Gasteiger partial charge in [-0.25, -0.2) is 4.52 Å². The van der Waals surface area contributed by atoms with Crippen LogP contribution < -0.4 is 10.5 Å². The molecule has 5 rings (SSSR count). The SMILES string of the molecule is C=C(CN1Cc2c(-c3ccn4ncc(-c5cccs5)c4c3)ccc(OC)c2C1=O)C(N)=O. The van der Waals surface area contributed by atoms with Gasteiger partial charge < -0.3 is 15.4 Å². The van der Waals surface area contributed by atoms with Gasteiger partial charge in [-0.3, -0.25) is 9.59 Å². The molecule has 0 radical (unpaired) electrons. The monoisotopic (exact) mass is 444 g/mol.